The van der Waals surface area contributed by atoms with Crippen LogP contribution in [0.2, 0.25) is 0 Å². The second kappa shape index (κ2) is 6.89. The second-order valence-electron chi connectivity index (χ2n) is 8.07. The summed E-state index contributed by atoms with van der Waals surface area (Å²) in [4.78, 5) is 19.8. The average molecular weight is 414 g/mol. The molecule has 30 heavy (non-hydrogen) atoms. The van der Waals surface area contributed by atoms with Crippen LogP contribution in [0.5, 0.6) is 0 Å². The predicted octanol–water partition coefficient (Wildman–Crippen LogP) is 3.18. The predicted molar refractivity (Wildman–Crippen MR) is 105 cm³/mol. The molecule has 3 aromatic heterocycles. The highest BCUT2D eigenvalue weighted by molar-refractivity contribution is 5.98. The Balaban J connectivity index is 1.59. The molecule has 2 bridgehead atoms. The summed E-state index contributed by atoms with van der Waals surface area (Å²) in [5.41, 5.74) is 7.05. The second-order valence-corrected chi connectivity index (χ2v) is 8.07. The normalized spacial score (nSPS) is 25.5. The Hall–Kier alpha value is -3.30. The molecule has 0 unspecified atom stereocenters. The highest BCUT2D eigenvalue weighted by Gasteiger charge is 2.47. The van der Waals surface area contributed by atoms with Gasteiger partial charge in [0.15, 0.2) is 5.82 Å². The van der Waals surface area contributed by atoms with Gasteiger partial charge in [0.05, 0.1) is 24.0 Å². The molecule has 8 nitrogen and oxygen atoms in total. The van der Waals surface area contributed by atoms with Crippen LogP contribution in [-0.2, 0) is 4.79 Å². The molecule has 6 rings (SSSR count). The van der Waals surface area contributed by atoms with Crippen molar-refractivity contribution in [1.29, 1.82) is 0 Å². The van der Waals surface area contributed by atoms with Gasteiger partial charge in [0.1, 0.15) is 28.4 Å². The van der Waals surface area contributed by atoms with Crippen LogP contribution in [0.3, 0.4) is 0 Å². The zero-order valence-electron chi connectivity index (χ0n) is 15.9. The van der Waals surface area contributed by atoms with Crippen LogP contribution in [0.15, 0.2) is 18.5 Å². The van der Waals surface area contributed by atoms with Crippen LogP contribution in [0.1, 0.15) is 25.7 Å². The molecule has 3 aliphatic carbocycles. The van der Waals surface area contributed by atoms with Gasteiger partial charge < -0.3 is 16.2 Å². The number of H-pyrrole nitrogens is 1. The maximum atomic E-state index is 14.8. The summed E-state index contributed by atoms with van der Waals surface area (Å²) in [6, 6.07) is 0.805. The van der Waals surface area contributed by atoms with Gasteiger partial charge in [-0.15, -0.1) is 0 Å². The number of carbonyl (C=O) groups is 1. The minimum atomic E-state index is -0.864. The minimum absolute atomic E-state index is 0.0703. The van der Waals surface area contributed by atoms with Gasteiger partial charge in [0, 0.05) is 11.6 Å². The zero-order chi connectivity index (χ0) is 21.0. The number of hydrogen-bond acceptors (Lipinski definition) is 6. The lowest BCUT2D eigenvalue weighted by Gasteiger charge is -2.47. The molecule has 0 radical (unpaired) electrons. The van der Waals surface area contributed by atoms with E-state index in [-0.39, 0.29) is 46.2 Å². The molecule has 3 saturated carbocycles. The smallest absolute Gasteiger partial charge is 0.308 e. The van der Waals surface area contributed by atoms with Crippen LogP contribution >= 0.6 is 0 Å². The molecular formula is C20H20F2N6O2. The van der Waals surface area contributed by atoms with Crippen molar-refractivity contribution in [3.8, 4) is 11.3 Å². The fourth-order valence-corrected chi connectivity index (χ4v) is 5.09. The Morgan fingerprint density at radius 2 is 1.90 bits per heavy atom. The Morgan fingerprint density at radius 1 is 1.17 bits per heavy atom. The van der Waals surface area contributed by atoms with E-state index >= 15 is 0 Å². The molecule has 0 amide bonds. The van der Waals surface area contributed by atoms with E-state index in [4.69, 9.17) is 5.73 Å². The fraction of sp³-hybridized carbons (Fsp3) is 0.400. The third-order valence-corrected chi connectivity index (χ3v) is 6.49. The van der Waals surface area contributed by atoms with Crippen molar-refractivity contribution in [2.45, 2.75) is 31.7 Å². The number of nitrogens with one attached hydrogen (secondary N) is 2. The lowest BCUT2D eigenvalue weighted by molar-refractivity contribution is -0.148. The third kappa shape index (κ3) is 2.86. The van der Waals surface area contributed by atoms with Gasteiger partial charge in [-0.3, -0.25) is 9.89 Å². The average Bonchev–Trinajstić information content (AvgIpc) is 3.16. The quantitative estimate of drug-likeness (QED) is 0.516. The van der Waals surface area contributed by atoms with Crippen molar-refractivity contribution in [1.82, 2.24) is 20.2 Å². The van der Waals surface area contributed by atoms with Gasteiger partial charge in [-0.05, 0) is 43.6 Å². The Morgan fingerprint density at radius 3 is 2.63 bits per heavy atom. The minimum Gasteiger partial charge on any atom is -0.481 e. The molecule has 3 aliphatic rings. The van der Waals surface area contributed by atoms with Crippen molar-refractivity contribution in [2.75, 3.05) is 11.1 Å². The van der Waals surface area contributed by atoms with Crippen molar-refractivity contribution in [3.05, 3.63) is 30.1 Å². The number of aliphatic carboxylic acids is 1. The van der Waals surface area contributed by atoms with E-state index in [9.17, 15) is 18.7 Å². The summed E-state index contributed by atoms with van der Waals surface area (Å²) < 4.78 is 28.5. The largest absolute Gasteiger partial charge is 0.481 e. The monoisotopic (exact) mass is 414 g/mol. The Labute approximate surface area is 169 Å². The van der Waals surface area contributed by atoms with E-state index in [1.165, 1.54) is 6.07 Å². The van der Waals surface area contributed by atoms with Crippen molar-refractivity contribution < 1.29 is 18.7 Å². The third-order valence-electron chi connectivity index (χ3n) is 6.49. The molecule has 0 aromatic carbocycles. The van der Waals surface area contributed by atoms with Gasteiger partial charge >= 0.3 is 5.97 Å². The number of aromatic amines is 1. The van der Waals surface area contributed by atoms with Crippen LogP contribution < -0.4 is 11.1 Å². The standard InChI is InChI=1S/C20H20F2N6O2/c21-10-5-11(19(23)25-6-10)15-17-18(28-27-15)16(12(22)7-24-17)26-14-9-3-1-8(2-4-9)13(14)20(29)30/h5-9,13-14H,1-4H2,(H2,23,25)(H,24,26)(H,27,28)(H,29,30)/t8-,9+,13-,14-/m0/s1. The summed E-state index contributed by atoms with van der Waals surface area (Å²) in [7, 11) is 0. The van der Waals surface area contributed by atoms with Gasteiger partial charge in [0.25, 0.3) is 0 Å². The number of carboxylic acids is 1. The van der Waals surface area contributed by atoms with Gasteiger partial charge in [-0.2, -0.15) is 5.10 Å². The molecule has 2 atom stereocenters. The number of nitrogens with two attached hydrogens (primary N) is 1. The van der Waals surface area contributed by atoms with E-state index in [0.29, 0.717) is 5.52 Å². The summed E-state index contributed by atoms with van der Waals surface area (Å²) in [5, 5.41) is 19.9. The van der Waals surface area contributed by atoms with Crippen molar-refractivity contribution in [2.24, 2.45) is 17.8 Å². The number of halogens is 2. The molecule has 3 aromatic rings. The lowest BCUT2D eigenvalue weighted by atomic mass is 9.61. The molecule has 3 fully saturated rings. The molecule has 156 valence electrons. The molecule has 0 saturated heterocycles. The van der Waals surface area contributed by atoms with Gasteiger partial charge in [-0.1, -0.05) is 0 Å². The number of nitrogen functional groups attached to an aromatic ring is 1. The first-order valence-corrected chi connectivity index (χ1v) is 9.87. The van der Waals surface area contributed by atoms with Crippen molar-refractivity contribution >= 4 is 28.5 Å². The highest BCUT2D eigenvalue weighted by atomic mass is 19.1. The maximum absolute atomic E-state index is 14.8. The number of fused-ring (bicyclic) bond motifs is 4. The van der Waals surface area contributed by atoms with E-state index in [1.807, 2.05) is 0 Å². The summed E-state index contributed by atoms with van der Waals surface area (Å²) >= 11 is 0. The summed E-state index contributed by atoms with van der Waals surface area (Å²) in [6.07, 6.45) is 5.65. The van der Waals surface area contributed by atoms with E-state index in [1.54, 1.807) is 0 Å². The highest BCUT2D eigenvalue weighted by Crippen LogP contribution is 2.47. The lowest BCUT2D eigenvalue weighted by Crippen LogP contribution is -2.51. The number of pyridine rings is 2. The Bertz CT molecular complexity index is 1140. The number of nitrogens with zero attached hydrogens (tertiary/aromatic N) is 3. The van der Waals surface area contributed by atoms with E-state index < -0.39 is 23.5 Å². The molecule has 10 heteroatoms. The molecule has 0 aliphatic heterocycles. The number of anilines is 2. The number of rotatable bonds is 4. The molecular weight excluding hydrogens is 394 g/mol. The number of aromatic nitrogens is 4. The van der Waals surface area contributed by atoms with Crippen molar-refractivity contribution in [3.63, 3.8) is 0 Å². The first-order chi connectivity index (χ1) is 14.4. The van der Waals surface area contributed by atoms with Gasteiger partial charge in [0.2, 0.25) is 0 Å². The summed E-state index contributed by atoms with van der Waals surface area (Å²) in [5.74, 6) is -2.33. The molecule has 3 heterocycles. The topological polar surface area (TPSA) is 130 Å². The zero-order valence-corrected chi connectivity index (χ0v) is 15.9. The summed E-state index contributed by atoms with van der Waals surface area (Å²) in [6.45, 7) is 0. The van der Waals surface area contributed by atoms with E-state index in [2.05, 4.69) is 25.5 Å². The van der Waals surface area contributed by atoms with Crippen LogP contribution in [0.25, 0.3) is 22.3 Å². The fourth-order valence-electron chi connectivity index (χ4n) is 5.09. The Kier molecular flexibility index (Phi) is 4.30. The SMILES string of the molecule is Nc1ncc(F)cc1-c1n[nH]c2c(N[C@H]3[C@H]4CC[C@H](CC4)[C@@H]3C(=O)O)c(F)cnc12. The van der Waals surface area contributed by atoms with Gasteiger partial charge in [-0.25, -0.2) is 18.7 Å². The molecule has 0 spiro atoms. The number of carboxylic acid groups (broad SMARTS) is 1. The number of hydrogen-bond donors (Lipinski definition) is 4. The first-order valence-electron chi connectivity index (χ1n) is 9.87. The van der Waals surface area contributed by atoms with Crippen LogP contribution in [0.4, 0.5) is 20.3 Å². The van der Waals surface area contributed by atoms with Crippen LogP contribution in [-0.4, -0.2) is 37.3 Å². The van der Waals surface area contributed by atoms with E-state index in [0.717, 1.165) is 38.1 Å². The van der Waals surface area contributed by atoms with Crippen LogP contribution in [0, 0.1) is 29.4 Å². The maximum Gasteiger partial charge on any atom is 0.308 e. The first kappa shape index (κ1) is 18.7. The molecule has 5 N–H and O–H groups in total.